The van der Waals surface area contributed by atoms with Crippen molar-refractivity contribution in [1.82, 2.24) is 24.5 Å². The van der Waals surface area contributed by atoms with Crippen molar-refractivity contribution in [2.24, 2.45) is 7.05 Å². The Balaban J connectivity index is 2.19. The highest BCUT2D eigenvalue weighted by Crippen LogP contribution is 1.97. The second-order valence-corrected chi connectivity index (χ2v) is 3.01. The number of hydrogen-bond donors (Lipinski definition) is 0. The van der Waals surface area contributed by atoms with Gasteiger partial charge in [0.2, 0.25) is 0 Å². The molecule has 0 spiro atoms. The zero-order valence-electron chi connectivity index (χ0n) is 7.68. The van der Waals surface area contributed by atoms with Gasteiger partial charge >= 0.3 is 0 Å². The summed E-state index contributed by atoms with van der Waals surface area (Å²) in [4.78, 5) is 0. The van der Waals surface area contributed by atoms with Gasteiger partial charge in [-0.3, -0.25) is 4.68 Å². The molecule has 0 aliphatic carbocycles. The Hall–Kier alpha value is -1.65. The second-order valence-electron chi connectivity index (χ2n) is 3.01. The summed E-state index contributed by atoms with van der Waals surface area (Å²) < 4.78 is 3.73. The third kappa shape index (κ3) is 1.58. The van der Waals surface area contributed by atoms with E-state index in [1.807, 2.05) is 35.5 Å². The molecule has 0 atom stereocenters. The van der Waals surface area contributed by atoms with Crippen LogP contribution in [-0.2, 0) is 13.6 Å². The molecule has 0 radical (unpaired) electrons. The van der Waals surface area contributed by atoms with Gasteiger partial charge in [0.1, 0.15) is 12.9 Å². The van der Waals surface area contributed by atoms with Crippen LogP contribution in [0.3, 0.4) is 0 Å². The van der Waals surface area contributed by atoms with Crippen LogP contribution in [0.5, 0.6) is 0 Å². The normalized spacial score (nSPS) is 10.6. The average Bonchev–Trinajstić information content (AvgIpc) is 2.64. The van der Waals surface area contributed by atoms with Gasteiger partial charge in [-0.2, -0.15) is 5.10 Å². The summed E-state index contributed by atoms with van der Waals surface area (Å²) in [6.45, 7) is 2.64. The number of aryl methyl sites for hydroxylation is 2. The van der Waals surface area contributed by atoms with Crippen molar-refractivity contribution in [3.8, 4) is 0 Å². The Bertz CT molecular complexity index is 400. The lowest BCUT2D eigenvalue weighted by Crippen LogP contribution is -2.06. The van der Waals surface area contributed by atoms with Crippen molar-refractivity contribution in [2.75, 3.05) is 0 Å². The Morgan fingerprint density at radius 1 is 1.46 bits per heavy atom. The number of hydrogen-bond acceptors (Lipinski definition) is 3. The van der Waals surface area contributed by atoms with Crippen LogP contribution < -0.4 is 0 Å². The third-order valence-electron chi connectivity index (χ3n) is 1.88. The third-order valence-corrected chi connectivity index (χ3v) is 1.88. The summed E-state index contributed by atoms with van der Waals surface area (Å²) in [5, 5.41) is 12.0. The highest BCUT2D eigenvalue weighted by Gasteiger charge is 2.01. The molecule has 0 aliphatic heterocycles. The fourth-order valence-electron chi connectivity index (χ4n) is 1.15. The van der Waals surface area contributed by atoms with E-state index in [0.29, 0.717) is 6.54 Å². The van der Waals surface area contributed by atoms with E-state index in [2.05, 4.69) is 15.3 Å². The molecular formula is C8H11N5. The summed E-state index contributed by atoms with van der Waals surface area (Å²) in [7, 11) is 1.92. The summed E-state index contributed by atoms with van der Waals surface area (Å²) in [6, 6.07) is 1.97. The summed E-state index contributed by atoms with van der Waals surface area (Å²) in [5.41, 5.74) is 1.02. The minimum atomic E-state index is 0.671. The van der Waals surface area contributed by atoms with Gasteiger partial charge in [0.15, 0.2) is 5.82 Å². The van der Waals surface area contributed by atoms with Gasteiger partial charge in [-0.05, 0) is 13.0 Å². The molecule has 0 amide bonds. The molecule has 0 aromatic carbocycles. The van der Waals surface area contributed by atoms with Gasteiger partial charge in [-0.15, -0.1) is 10.2 Å². The van der Waals surface area contributed by atoms with E-state index in [-0.39, 0.29) is 0 Å². The first-order valence-electron chi connectivity index (χ1n) is 4.08. The molecule has 2 heterocycles. The van der Waals surface area contributed by atoms with E-state index >= 15 is 0 Å². The van der Waals surface area contributed by atoms with Crippen molar-refractivity contribution in [3.05, 3.63) is 30.1 Å². The highest BCUT2D eigenvalue weighted by atomic mass is 15.3. The Morgan fingerprint density at radius 2 is 2.31 bits per heavy atom. The second kappa shape index (κ2) is 3.01. The van der Waals surface area contributed by atoms with Crippen molar-refractivity contribution < 1.29 is 0 Å². The molecule has 13 heavy (non-hydrogen) atoms. The van der Waals surface area contributed by atoms with Gasteiger partial charge in [0.05, 0.1) is 5.69 Å². The van der Waals surface area contributed by atoms with Gasteiger partial charge < -0.3 is 4.57 Å². The van der Waals surface area contributed by atoms with E-state index in [4.69, 9.17) is 0 Å². The zero-order valence-corrected chi connectivity index (χ0v) is 7.68. The highest BCUT2D eigenvalue weighted by molar-refractivity contribution is 4.96. The minimum absolute atomic E-state index is 0.671. The average molecular weight is 177 g/mol. The monoisotopic (exact) mass is 177 g/mol. The molecule has 5 nitrogen and oxygen atoms in total. The van der Waals surface area contributed by atoms with Crippen molar-refractivity contribution in [2.45, 2.75) is 13.5 Å². The Kier molecular flexibility index (Phi) is 1.84. The van der Waals surface area contributed by atoms with Crippen molar-refractivity contribution in [1.29, 1.82) is 0 Å². The molecule has 0 bridgehead atoms. The van der Waals surface area contributed by atoms with Crippen molar-refractivity contribution >= 4 is 0 Å². The van der Waals surface area contributed by atoms with E-state index in [1.54, 1.807) is 6.33 Å². The molecule has 2 aromatic heterocycles. The molecule has 2 rings (SSSR count). The predicted octanol–water partition coefficient (Wildman–Crippen LogP) is 0.368. The fourth-order valence-corrected chi connectivity index (χ4v) is 1.15. The molecule has 0 saturated carbocycles. The van der Waals surface area contributed by atoms with Crippen LogP contribution in [0.15, 0.2) is 18.6 Å². The van der Waals surface area contributed by atoms with E-state index in [1.165, 1.54) is 0 Å². The molecule has 5 heteroatoms. The van der Waals surface area contributed by atoms with Gasteiger partial charge in [-0.1, -0.05) is 0 Å². The first kappa shape index (κ1) is 7.97. The standard InChI is InChI=1S/C8H11N5/c1-7-3-4-13(11-7)5-8-10-9-6-12(8)2/h3-4,6H,5H2,1-2H3. The number of rotatable bonds is 2. The van der Waals surface area contributed by atoms with Crippen LogP contribution in [0.1, 0.15) is 11.5 Å². The molecule has 2 aromatic rings. The first-order valence-corrected chi connectivity index (χ1v) is 4.08. The Morgan fingerprint density at radius 3 is 2.85 bits per heavy atom. The molecular weight excluding hydrogens is 166 g/mol. The Labute approximate surface area is 76.0 Å². The van der Waals surface area contributed by atoms with Crippen molar-refractivity contribution in [3.63, 3.8) is 0 Å². The summed E-state index contributed by atoms with van der Waals surface area (Å²) >= 11 is 0. The van der Waals surface area contributed by atoms with E-state index in [9.17, 15) is 0 Å². The SMILES string of the molecule is Cc1ccn(Cc2nncn2C)n1. The topological polar surface area (TPSA) is 48.5 Å². The molecule has 0 N–H and O–H groups in total. The molecule has 68 valence electrons. The van der Waals surface area contributed by atoms with Gasteiger partial charge in [0, 0.05) is 13.2 Å². The van der Waals surface area contributed by atoms with Gasteiger partial charge in [-0.25, -0.2) is 0 Å². The molecule has 0 saturated heterocycles. The smallest absolute Gasteiger partial charge is 0.154 e. The van der Waals surface area contributed by atoms with Gasteiger partial charge in [0.25, 0.3) is 0 Å². The quantitative estimate of drug-likeness (QED) is 0.665. The lowest BCUT2D eigenvalue weighted by Gasteiger charge is -1.99. The minimum Gasteiger partial charge on any atom is -0.319 e. The summed E-state index contributed by atoms with van der Waals surface area (Å²) in [5.74, 6) is 0.906. The van der Waals surface area contributed by atoms with Crippen LogP contribution in [0.25, 0.3) is 0 Å². The fraction of sp³-hybridized carbons (Fsp3) is 0.375. The molecule has 0 unspecified atom stereocenters. The van der Waals surface area contributed by atoms with Crippen LogP contribution in [0.2, 0.25) is 0 Å². The number of nitrogens with zero attached hydrogens (tertiary/aromatic N) is 5. The maximum atomic E-state index is 4.26. The summed E-state index contributed by atoms with van der Waals surface area (Å²) in [6.07, 6.45) is 3.62. The first-order chi connectivity index (χ1) is 6.25. The van der Waals surface area contributed by atoms with E-state index in [0.717, 1.165) is 11.5 Å². The molecule has 0 aliphatic rings. The van der Waals surface area contributed by atoms with Crippen LogP contribution in [0.4, 0.5) is 0 Å². The van der Waals surface area contributed by atoms with Crippen LogP contribution in [0, 0.1) is 6.92 Å². The zero-order chi connectivity index (χ0) is 9.26. The van der Waals surface area contributed by atoms with Crippen LogP contribution in [-0.4, -0.2) is 24.5 Å². The predicted molar refractivity (Wildman–Crippen MR) is 47.1 cm³/mol. The molecule has 0 fully saturated rings. The maximum absolute atomic E-state index is 4.26. The van der Waals surface area contributed by atoms with E-state index < -0.39 is 0 Å². The maximum Gasteiger partial charge on any atom is 0.154 e. The lowest BCUT2D eigenvalue weighted by molar-refractivity contribution is 0.625. The van der Waals surface area contributed by atoms with Crippen LogP contribution >= 0.6 is 0 Å². The largest absolute Gasteiger partial charge is 0.319 e. The number of aromatic nitrogens is 5. The lowest BCUT2D eigenvalue weighted by atomic mass is 10.5.